The number of nitrogens with zero attached hydrogens (tertiary/aromatic N) is 7. The lowest BCUT2D eigenvalue weighted by Gasteiger charge is -2.21. The van der Waals surface area contributed by atoms with Gasteiger partial charge in [0.1, 0.15) is 6.54 Å². The fourth-order valence-electron chi connectivity index (χ4n) is 2.41. The number of aromatic nitrogens is 3. The molecule has 1 amide bonds. The van der Waals surface area contributed by atoms with Crippen LogP contribution >= 0.6 is 11.6 Å². The van der Waals surface area contributed by atoms with Crippen molar-refractivity contribution in [1.29, 1.82) is 5.41 Å². The SMILES string of the molecule is CN(C)c1nc(N(C)C)nc(N2CC(=O)N(c3ccc(Cl)cc3)C2=N)n1. The summed E-state index contributed by atoms with van der Waals surface area (Å²) in [6, 6.07) is 6.75. The molecule has 2 heterocycles. The van der Waals surface area contributed by atoms with Gasteiger partial charge in [0.05, 0.1) is 5.69 Å². The highest BCUT2D eigenvalue weighted by molar-refractivity contribution is 6.31. The fourth-order valence-corrected chi connectivity index (χ4v) is 2.53. The molecule has 1 saturated heterocycles. The summed E-state index contributed by atoms with van der Waals surface area (Å²) in [5.74, 6) is 0.892. The molecule has 1 aromatic heterocycles. The van der Waals surface area contributed by atoms with Crippen LogP contribution < -0.4 is 19.6 Å². The van der Waals surface area contributed by atoms with Gasteiger partial charge in [0.25, 0.3) is 5.91 Å². The van der Waals surface area contributed by atoms with Crippen LogP contribution in [-0.4, -0.2) is 61.6 Å². The first kappa shape index (κ1) is 17.9. The predicted octanol–water partition coefficient (Wildman–Crippen LogP) is 1.44. The zero-order valence-electron chi connectivity index (χ0n) is 14.9. The van der Waals surface area contributed by atoms with Gasteiger partial charge in [-0.15, -0.1) is 0 Å². The Hall–Kier alpha value is -2.94. The van der Waals surface area contributed by atoms with Crippen LogP contribution in [0.15, 0.2) is 24.3 Å². The molecule has 26 heavy (non-hydrogen) atoms. The molecule has 0 unspecified atom stereocenters. The molecule has 2 aromatic rings. The summed E-state index contributed by atoms with van der Waals surface area (Å²) >= 11 is 5.91. The Labute approximate surface area is 156 Å². The summed E-state index contributed by atoms with van der Waals surface area (Å²) in [7, 11) is 7.27. The van der Waals surface area contributed by atoms with Gasteiger partial charge >= 0.3 is 0 Å². The van der Waals surface area contributed by atoms with Crippen molar-refractivity contribution in [3.05, 3.63) is 29.3 Å². The van der Waals surface area contributed by atoms with Crippen molar-refractivity contribution in [2.24, 2.45) is 0 Å². The zero-order chi connectivity index (χ0) is 19.0. The van der Waals surface area contributed by atoms with Gasteiger partial charge in [-0.1, -0.05) is 11.6 Å². The summed E-state index contributed by atoms with van der Waals surface area (Å²) < 4.78 is 0. The smallest absolute Gasteiger partial charge is 0.254 e. The predicted molar refractivity (Wildman–Crippen MR) is 102 cm³/mol. The fraction of sp³-hybridized carbons (Fsp3) is 0.312. The molecule has 0 aliphatic carbocycles. The van der Waals surface area contributed by atoms with E-state index in [9.17, 15) is 4.79 Å². The van der Waals surface area contributed by atoms with Gasteiger partial charge in [-0.2, -0.15) is 15.0 Å². The molecule has 1 aromatic carbocycles. The maximum absolute atomic E-state index is 12.5. The maximum Gasteiger partial charge on any atom is 0.254 e. The van der Waals surface area contributed by atoms with E-state index >= 15 is 0 Å². The molecule has 0 radical (unpaired) electrons. The Bertz CT molecular complexity index is 826. The molecule has 1 fully saturated rings. The minimum Gasteiger partial charge on any atom is -0.347 e. The van der Waals surface area contributed by atoms with E-state index in [1.165, 1.54) is 9.80 Å². The maximum atomic E-state index is 12.5. The van der Waals surface area contributed by atoms with Crippen LogP contribution in [0.1, 0.15) is 0 Å². The number of carbonyl (C=O) groups excluding carboxylic acids is 1. The monoisotopic (exact) mass is 374 g/mol. The summed E-state index contributed by atoms with van der Waals surface area (Å²) in [6.07, 6.45) is 0. The van der Waals surface area contributed by atoms with E-state index in [1.54, 1.807) is 34.1 Å². The largest absolute Gasteiger partial charge is 0.347 e. The molecule has 0 atom stereocenters. The second-order valence-electron chi connectivity index (χ2n) is 6.14. The third kappa shape index (κ3) is 3.25. The van der Waals surface area contributed by atoms with Gasteiger partial charge in [0.15, 0.2) is 0 Å². The van der Waals surface area contributed by atoms with Crippen molar-refractivity contribution in [3.8, 4) is 0 Å². The van der Waals surface area contributed by atoms with E-state index in [-0.39, 0.29) is 24.4 Å². The van der Waals surface area contributed by atoms with E-state index in [0.717, 1.165) is 0 Å². The van der Waals surface area contributed by atoms with Crippen molar-refractivity contribution in [3.63, 3.8) is 0 Å². The normalized spacial score (nSPS) is 14.2. The van der Waals surface area contributed by atoms with Crippen LogP contribution in [0.2, 0.25) is 5.02 Å². The van der Waals surface area contributed by atoms with E-state index in [1.807, 2.05) is 28.2 Å². The highest BCUT2D eigenvalue weighted by Crippen LogP contribution is 2.26. The molecule has 10 heteroatoms. The number of guanidine groups is 1. The average Bonchev–Trinajstić information content (AvgIpc) is 2.90. The Balaban J connectivity index is 1.99. The van der Waals surface area contributed by atoms with Gasteiger partial charge in [0, 0.05) is 33.2 Å². The molecule has 0 bridgehead atoms. The summed E-state index contributed by atoms with van der Waals surface area (Å²) in [5.41, 5.74) is 0.571. The molecular formula is C16H19ClN8O. The first-order valence-corrected chi connectivity index (χ1v) is 8.21. The topological polar surface area (TPSA) is 92.6 Å². The molecule has 1 aliphatic rings. The van der Waals surface area contributed by atoms with Gasteiger partial charge in [0.2, 0.25) is 23.8 Å². The van der Waals surface area contributed by atoms with Crippen LogP contribution in [0.3, 0.4) is 0 Å². The van der Waals surface area contributed by atoms with Crippen LogP contribution in [0.4, 0.5) is 23.5 Å². The number of anilines is 4. The molecule has 1 aliphatic heterocycles. The highest BCUT2D eigenvalue weighted by Gasteiger charge is 2.37. The van der Waals surface area contributed by atoms with E-state index < -0.39 is 0 Å². The molecule has 136 valence electrons. The van der Waals surface area contributed by atoms with Gasteiger partial charge < -0.3 is 9.80 Å². The molecule has 9 nitrogen and oxygen atoms in total. The second kappa shape index (κ2) is 6.75. The van der Waals surface area contributed by atoms with Gasteiger partial charge in [-0.05, 0) is 24.3 Å². The van der Waals surface area contributed by atoms with E-state index in [4.69, 9.17) is 17.0 Å². The van der Waals surface area contributed by atoms with Gasteiger partial charge in [-0.25, -0.2) is 4.90 Å². The number of rotatable bonds is 4. The van der Waals surface area contributed by atoms with Crippen molar-refractivity contribution in [2.75, 3.05) is 54.3 Å². The van der Waals surface area contributed by atoms with Crippen LogP contribution in [0.25, 0.3) is 0 Å². The average molecular weight is 375 g/mol. The Morgan fingerprint density at radius 2 is 1.54 bits per heavy atom. The summed E-state index contributed by atoms with van der Waals surface area (Å²) in [6.45, 7) is -0.0226. The van der Waals surface area contributed by atoms with Crippen molar-refractivity contribution in [1.82, 2.24) is 15.0 Å². The molecular weight excluding hydrogens is 356 g/mol. The van der Waals surface area contributed by atoms with Crippen molar-refractivity contribution in [2.45, 2.75) is 0 Å². The third-order valence-electron chi connectivity index (χ3n) is 3.74. The van der Waals surface area contributed by atoms with Crippen molar-refractivity contribution >= 4 is 47.0 Å². The van der Waals surface area contributed by atoms with Crippen molar-refractivity contribution < 1.29 is 4.79 Å². The van der Waals surface area contributed by atoms with E-state index in [2.05, 4.69) is 15.0 Å². The minimum absolute atomic E-state index is 0.0158. The number of nitrogens with one attached hydrogen (secondary N) is 1. The summed E-state index contributed by atoms with van der Waals surface area (Å²) in [5, 5.41) is 9.01. The van der Waals surface area contributed by atoms with Crippen LogP contribution in [0.5, 0.6) is 0 Å². The minimum atomic E-state index is -0.240. The highest BCUT2D eigenvalue weighted by atomic mass is 35.5. The first-order valence-electron chi connectivity index (χ1n) is 7.83. The van der Waals surface area contributed by atoms with Crippen LogP contribution in [-0.2, 0) is 4.79 Å². The van der Waals surface area contributed by atoms with Gasteiger partial charge in [-0.3, -0.25) is 15.1 Å². The lowest BCUT2D eigenvalue weighted by Crippen LogP contribution is -2.35. The number of hydrogen-bond acceptors (Lipinski definition) is 7. The molecule has 0 spiro atoms. The standard InChI is InChI=1S/C16H19ClN8O/c1-22(2)14-19-15(23(3)4)21-16(20-14)24-9-12(26)25(13(24)18)11-7-5-10(17)6-8-11/h5-8,18H,9H2,1-4H3. The van der Waals surface area contributed by atoms with Crippen LogP contribution in [0, 0.1) is 5.41 Å². The molecule has 3 rings (SSSR count). The lowest BCUT2D eigenvalue weighted by molar-refractivity contribution is -0.115. The lowest BCUT2D eigenvalue weighted by atomic mass is 10.3. The van der Waals surface area contributed by atoms with E-state index in [0.29, 0.717) is 22.6 Å². The molecule has 1 N–H and O–H groups in total. The summed E-state index contributed by atoms with van der Waals surface area (Å²) in [4.78, 5) is 31.9. The zero-order valence-corrected chi connectivity index (χ0v) is 15.7. The number of hydrogen-bond donors (Lipinski definition) is 1. The molecule has 0 saturated carbocycles. The Kier molecular flexibility index (Phi) is 4.64. The quantitative estimate of drug-likeness (QED) is 0.865. The second-order valence-corrected chi connectivity index (χ2v) is 6.58. The number of benzene rings is 1. The number of halogens is 1. The number of carbonyl (C=O) groups is 1. The Morgan fingerprint density at radius 3 is 2.04 bits per heavy atom. The Morgan fingerprint density at radius 1 is 1.00 bits per heavy atom. The first-order chi connectivity index (χ1) is 12.3. The number of amides is 1. The third-order valence-corrected chi connectivity index (χ3v) is 3.99.